The third kappa shape index (κ3) is 5.73. The summed E-state index contributed by atoms with van der Waals surface area (Å²) >= 11 is 0. The highest BCUT2D eigenvalue weighted by Crippen LogP contribution is 2.67. The SMILES string of the molecule is COc1ccc(C(CC(=O)OC(C)(C)C)N(Cc2ccccc2)C[C@]23CC[C@H](C[C@H]2OC)C3(C)C)cc1. The molecule has 4 rings (SSSR count). The molecule has 4 atom stereocenters. The van der Waals surface area contributed by atoms with Gasteiger partial charge in [0, 0.05) is 31.7 Å². The third-order valence-corrected chi connectivity index (χ3v) is 9.08. The highest BCUT2D eigenvalue weighted by Gasteiger charge is 2.64. The number of hydrogen-bond acceptors (Lipinski definition) is 5. The molecule has 0 amide bonds. The van der Waals surface area contributed by atoms with E-state index in [1.165, 1.54) is 12.0 Å². The molecule has 0 aliphatic heterocycles. The third-order valence-electron chi connectivity index (χ3n) is 9.08. The smallest absolute Gasteiger partial charge is 0.308 e. The fraction of sp³-hybridized carbons (Fsp3) is 0.594. The van der Waals surface area contributed by atoms with Gasteiger partial charge in [-0.2, -0.15) is 0 Å². The van der Waals surface area contributed by atoms with E-state index in [2.05, 4.69) is 61.2 Å². The molecule has 2 aliphatic rings. The molecule has 0 saturated heterocycles. The number of esters is 1. The predicted molar refractivity (Wildman–Crippen MR) is 147 cm³/mol. The Balaban J connectivity index is 1.75. The number of carbonyl (C=O) groups is 1. The van der Waals surface area contributed by atoms with E-state index in [1.54, 1.807) is 7.11 Å². The number of rotatable bonds is 10. The number of carbonyl (C=O) groups excluding carboxylic acids is 1. The quantitative estimate of drug-likeness (QED) is 0.331. The minimum Gasteiger partial charge on any atom is -0.497 e. The first-order valence-electron chi connectivity index (χ1n) is 13.7. The van der Waals surface area contributed by atoms with Crippen molar-refractivity contribution < 1.29 is 19.0 Å². The van der Waals surface area contributed by atoms with Crippen LogP contribution in [0.2, 0.25) is 0 Å². The van der Waals surface area contributed by atoms with Crippen LogP contribution in [0.3, 0.4) is 0 Å². The van der Waals surface area contributed by atoms with Gasteiger partial charge >= 0.3 is 5.97 Å². The average Bonchev–Trinajstić information content (AvgIpc) is 3.22. The lowest BCUT2D eigenvalue weighted by Crippen LogP contribution is -2.49. The molecular formula is C32H45NO4. The molecule has 2 saturated carbocycles. The van der Waals surface area contributed by atoms with Crippen molar-refractivity contribution in [2.75, 3.05) is 20.8 Å². The van der Waals surface area contributed by atoms with E-state index < -0.39 is 5.60 Å². The Hall–Kier alpha value is -2.37. The second-order valence-corrected chi connectivity index (χ2v) is 12.5. The Kier molecular flexibility index (Phi) is 8.06. The molecular weight excluding hydrogens is 462 g/mol. The molecule has 0 aromatic heterocycles. The molecule has 2 fully saturated rings. The van der Waals surface area contributed by atoms with E-state index in [0.717, 1.165) is 37.2 Å². The molecule has 5 heteroatoms. The van der Waals surface area contributed by atoms with Gasteiger partial charge in [-0.15, -0.1) is 0 Å². The van der Waals surface area contributed by atoms with Crippen molar-refractivity contribution in [3.05, 3.63) is 65.7 Å². The number of hydrogen-bond donors (Lipinski definition) is 0. The van der Waals surface area contributed by atoms with Crippen LogP contribution in [0.4, 0.5) is 0 Å². The number of nitrogens with zero attached hydrogens (tertiary/aromatic N) is 1. The zero-order valence-corrected chi connectivity index (χ0v) is 23.8. The van der Waals surface area contributed by atoms with Gasteiger partial charge in [0.2, 0.25) is 0 Å². The van der Waals surface area contributed by atoms with Gasteiger partial charge in [-0.3, -0.25) is 9.69 Å². The predicted octanol–water partition coefficient (Wildman–Crippen LogP) is 6.81. The van der Waals surface area contributed by atoms with E-state index >= 15 is 0 Å². The maximum absolute atomic E-state index is 13.3. The molecule has 0 spiro atoms. The molecule has 2 aromatic rings. The first-order valence-corrected chi connectivity index (χ1v) is 13.7. The first-order chi connectivity index (χ1) is 17.5. The molecule has 5 nitrogen and oxygen atoms in total. The second-order valence-electron chi connectivity index (χ2n) is 12.5. The van der Waals surface area contributed by atoms with E-state index in [9.17, 15) is 4.79 Å². The average molecular weight is 508 g/mol. The molecule has 202 valence electrons. The molecule has 2 aromatic carbocycles. The number of benzene rings is 2. The summed E-state index contributed by atoms with van der Waals surface area (Å²) in [5.74, 6) is 1.30. The van der Waals surface area contributed by atoms with E-state index in [0.29, 0.717) is 5.92 Å². The molecule has 1 unspecified atom stereocenters. The van der Waals surface area contributed by atoms with Gasteiger partial charge in [-0.25, -0.2) is 0 Å². The second kappa shape index (κ2) is 10.8. The van der Waals surface area contributed by atoms with Crippen LogP contribution in [0.15, 0.2) is 54.6 Å². The standard InChI is InChI=1S/C32H45NO4/c1-30(2,3)37-29(34)20-27(24-13-15-26(35-6)16-14-24)33(21-23-11-9-8-10-12-23)22-32-18-17-25(31(32,4)5)19-28(32)36-7/h8-16,25,27-28H,17-22H2,1-7H3/t25-,27?,28-,32-/m1/s1. The summed E-state index contributed by atoms with van der Waals surface area (Å²) in [5.41, 5.74) is 2.00. The van der Waals surface area contributed by atoms with E-state index in [-0.39, 0.29) is 35.4 Å². The van der Waals surface area contributed by atoms with Crippen molar-refractivity contribution in [3.63, 3.8) is 0 Å². The van der Waals surface area contributed by atoms with Crippen LogP contribution in [-0.4, -0.2) is 43.3 Å². The van der Waals surface area contributed by atoms with Gasteiger partial charge in [0.15, 0.2) is 0 Å². The van der Waals surface area contributed by atoms with Crippen LogP contribution in [-0.2, 0) is 20.8 Å². The van der Waals surface area contributed by atoms with Gasteiger partial charge in [0.05, 0.1) is 19.6 Å². The molecule has 0 radical (unpaired) electrons. The number of ether oxygens (including phenoxy) is 3. The molecule has 2 bridgehead atoms. The maximum atomic E-state index is 13.3. The van der Waals surface area contributed by atoms with Crippen molar-refractivity contribution in [2.45, 2.75) is 84.6 Å². The van der Waals surface area contributed by atoms with Crippen molar-refractivity contribution >= 4 is 5.97 Å². The summed E-state index contributed by atoms with van der Waals surface area (Å²) in [6, 6.07) is 18.6. The summed E-state index contributed by atoms with van der Waals surface area (Å²) in [7, 11) is 3.55. The number of methoxy groups -OCH3 is 2. The highest BCUT2D eigenvalue weighted by atomic mass is 16.6. The molecule has 0 heterocycles. The molecule has 0 N–H and O–H groups in total. The molecule has 2 aliphatic carbocycles. The summed E-state index contributed by atoms with van der Waals surface area (Å²) in [6.07, 6.45) is 4.01. The van der Waals surface area contributed by atoms with Crippen molar-refractivity contribution in [2.24, 2.45) is 16.7 Å². The summed E-state index contributed by atoms with van der Waals surface area (Å²) in [5, 5.41) is 0. The Bertz CT molecular complexity index is 1040. The summed E-state index contributed by atoms with van der Waals surface area (Å²) in [6.45, 7) is 12.3. The Morgan fingerprint density at radius 3 is 2.30 bits per heavy atom. The minimum absolute atomic E-state index is 0.0276. The normalized spacial score (nSPS) is 25.3. The van der Waals surface area contributed by atoms with Crippen LogP contribution in [0.1, 0.15) is 77.5 Å². The van der Waals surface area contributed by atoms with E-state index in [4.69, 9.17) is 14.2 Å². The lowest BCUT2D eigenvalue weighted by atomic mass is 9.67. The number of fused-ring (bicyclic) bond motifs is 2. The van der Waals surface area contributed by atoms with Gasteiger partial charge in [-0.05, 0) is 74.6 Å². The van der Waals surface area contributed by atoms with E-state index in [1.807, 2.05) is 40.0 Å². The van der Waals surface area contributed by atoms with Crippen LogP contribution in [0.25, 0.3) is 0 Å². The fourth-order valence-corrected chi connectivity index (χ4v) is 6.98. The van der Waals surface area contributed by atoms with Crippen molar-refractivity contribution in [3.8, 4) is 5.75 Å². The lowest BCUT2D eigenvalue weighted by Gasteiger charge is -2.47. The zero-order valence-electron chi connectivity index (χ0n) is 23.8. The Morgan fingerprint density at radius 1 is 1.05 bits per heavy atom. The largest absolute Gasteiger partial charge is 0.497 e. The lowest BCUT2D eigenvalue weighted by molar-refractivity contribution is -0.157. The summed E-state index contributed by atoms with van der Waals surface area (Å²) < 4.78 is 17.4. The monoisotopic (exact) mass is 507 g/mol. The van der Waals surface area contributed by atoms with Crippen LogP contribution in [0.5, 0.6) is 5.75 Å². The fourth-order valence-electron chi connectivity index (χ4n) is 6.98. The first kappa shape index (κ1) is 27.7. The Morgan fingerprint density at radius 2 is 1.73 bits per heavy atom. The van der Waals surface area contributed by atoms with Crippen molar-refractivity contribution in [1.82, 2.24) is 4.90 Å². The topological polar surface area (TPSA) is 48.0 Å². The van der Waals surface area contributed by atoms with Crippen molar-refractivity contribution in [1.29, 1.82) is 0 Å². The van der Waals surface area contributed by atoms with Crippen LogP contribution in [0, 0.1) is 16.7 Å². The maximum Gasteiger partial charge on any atom is 0.308 e. The summed E-state index contributed by atoms with van der Waals surface area (Å²) in [4.78, 5) is 15.8. The van der Waals surface area contributed by atoms with Gasteiger partial charge in [0.25, 0.3) is 0 Å². The zero-order chi connectivity index (χ0) is 26.8. The molecule has 37 heavy (non-hydrogen) atoms. The van der Waals surface area contributed by atoms with Crippen LogP contribution >= 0.6 is 0 Å². The van der Waals surface area contributed by atoms with Gasteiger partial charge < -0.3 is 14.2 Å². The van der Waals surface area contributed by atoms with Gasteiger partial charge in [-0.1, -0.05) is 56.3 Å². The highest BCUT2D eigenvalue weighted by molar-refractivity contribution is 5.71. The Labute approximate surface area is 223 Å². The van der Waals surface area contributed by atoms with Crippen LogP contribution < -0.4 is 4.74 Å². The minimum atomic E-state index is -0.530. The van der Waals surface area contributed by atoms with Gasteiger partial charge in [0.1, 0.15) is 11.4 Å².